The minimum absolute atomic E-state index is 0.143. The molecule has 53 heavy (non-hydrogen) atoms. The first-order valence-corrected chi connectivity index (χ1v) is 20.5. The van der Waals surface area contributed by atoms with Crippen molar-refractivity contribution < 1.29 is 18.9 Å². The first-order chi connectivity index (χ1) is 26.3. The van der Waals surface area contributed by atoms with Crippen LogP contribution in [0, 0.1) is 0 Å². The van der Waals surface area contributed by atoms with Gasteiger partial charge in [0.1, 0.15) is 0 Å². The predicted molar refractivity (Wildman–Crippen MR) is 213 cm³/mol. The summed E-state index contributed by atoms with van der Waals surface area (Å²) in [6.07, 6.45) is 4.07. The molecule has 2 fully saturated rings. The van der Waals surface area contributed by atoms with Crippen LogP contribution >= 0.6 is 23.5 Å². The second-order valence-electron chi connectivity index (χ2n) is 12.9. The minimum Gasteiger partial charge on any atom is -0.353 e. The molecule has 272 valence electrons. The molecule has 0 saturated carbocycles. The molecule has 2 aromatic heterocycles. The van der Waals surface area contributed by atoms with E-state index in [1.165, 1.54) is 0 Å². The van der Waals surface area contributed by atoms with Gasteiger partial charge in [0, 0.05) is 40.2 Å². The van der Waals surface area contributed by atoms with E-state index in [-0.39, 0.29) is 12.6 Å². The lowest BCUT2D eigenvalue weighted by molar-refractivity contribution is -0.181. The number of hydrogen-bond donors (Lipinski definition) is 0. The Kier molecular flexibility index (Phi) is 12.0. The normalized spacial score (nSPS) is 15.5. The van der Waals surface area contributed by atoms with Gasteiger partial charge in [0.15, 0.2) is 22.9 Å². The van der Waals surface area contributed by atoms with Crippen LogP contribution in [0.4, 0.5) is 0 Å². The van der Waals surface area contributed by atoms with E-state index in [1.54, 1.807) is 23.5 Å². The number of rotatable bonds is 14. The largest absolute Gasteiger partial charge is 0.353 e. The van der Waals surface area contributed by atoms with Crippen molar-refractivity contribution in [1.82, 2.24) is 19.3 Å². The van der Waals surface area contributed by atoms with E-state index >= 15 is 0 Å². The second-order valence-corrected chi connectivity index (χ2v) is 15.1. The molecular formula is C43H44N4O4S2. The number of ether oxygens (including phenoxy) is 4. The molecule has 8 nitrogen and oxygen atoms in total. The van der Waals surface area contributed by atoms with Crippen LogP contribution in [0.25, 0.3) is 45.0 Å². The van der Waals surface area contributed by atoms with Gasteiger partial charge in [0.05, 0.1) is 49.2 Å². The molecule has 0 bridgehead atoms. The lowest BCUT2D eigenvalue weighted by Crippen LogP contribution is -2.25. The first-order valence-electron chi connectivity index (χ1n) is 18.5. The van der Waals surface area contributed by atoms with Crippen LogP contribution in [0.2, 0.25) is 0 Å². The highest BCUT2D eigenvalue weighted by Gasteiger charge is 2.29. The Bertz CT molecular complexity index is 2030. The lowest BCUT2D eigenvalue weighted by Gasteiger charge is -2.23. The maximum atomic E-state index is 5.95. The van der Waals surface area contributed by atoms with Gasteiger partial charge in [0.25, 0.3) is 0 Å². The van der Waals surface area contributed by atoms with E-state index in [1.807, 2.05) is 0 Å². The maximum Gasteiger partial charge on any atom is 0.188 e. The van der Waals surface area contributed by atoms with Gasteiger partial charge in [-0.15, -0.1) is 0 Å². The summed E-state index contributed by atoms with van der Waals surface area (Å²) < 4.78 is 28.3. The van der Waals surface area contributed by atoms with Crippen molar-refractivity contribution in [3.8, 4) is 45.0 Å². The van der Waals surface area contributed by atoms with Crippen molar-refractivity contribution >= 4 is 23.5 Å². The molecule has 0 unspecified atom stereocenters. The summed E-state index contributed by atoms with van der Waals surface area (Å²) in [5, 5.41) is 1.77. The summed E-state index contributed by atoms with van der Waals surface area (Å²) in [6.45, 7) is 2.99. The zero-order valence-electron chi connectivity index (χ0n) is 29.7. The van der Waals surface area contributed by atoms with Crippen LogP contribution in [0.15, 0.2) is 132 Å². The molecule has 0 atom stereocenters. The van der Waals surface area contributed by atoms with Gasteiger partial charge in [0.2, 0.25) is 0 Å². The molecule has 2 aliphatic rings. The molecule has 2 aliphatic heterocycles. The van der Waals surface area contributed by atoms with Crippen molar-refractivity contribution in [2.45, 2.75) is 55.0 Å². The number of aromatic nitrogens is 4. The summed E-state index contributed by atoms with van der Waals surface area (Å²) in [5.74, 6) is 1.62. The lowest BCUT2D eigenvalue weighted by atomic mass is 10.0. The molecule has 6 aromatic rings. The Morgan fingerprint density at radius 1 is 0.472 bits per heavy atom. The summed E-state index contributed by atoms with van der Waals surface area (Å²) >= 11 is 3.49. The monoisotopic (exact) mass is 744 g/mol. The topological polar surface area (TPSA) is 72.6 Å². The van der Waals surface area contributed by atoms with E-state index in [4.69, 9.17) is 28.9 Å². The third kappa shape index (κ3) is 8.49. The molecule has 8 rings (SSSR count). The summed E-state index contributed by atoms with van der Waals surface area (Å²) in [7, 11) is 0. The van der Waals surface area contributed by atoms with Gasteiger partial charge < -0.3 is 18.9 Å². The van der Waals surface area contributed by atoms with E-state index in [2.05, 4.69) is 131 Å². The van der Waals surface area contributed by atoms with Crippen LogP contribution in [0.5, 0.6) is 0 Å². The molecule has 0 radical (unpaired) electrons. The van der Waals surface area contributed by atoms with Crippen molar-refractivity contribution in [2.24, 2.45) is 0 Å². The van der Waals surface area contributed by atoms with Crippen molar-refractivity contribution in [2.75, 3.05) is 37.9 Å². The fourth-order valence-corrected chi connectivity index (χ4v) is 8.60. The Hall–Kier alpha value is -4.16. The third-order valence-electron chi connectivity index (χ3n) is 9.23. The zero-order chi connectivity index (χ0) is 35.7. The summed E-state index contributed by atoms with van der Waals surface area (Å²) in [6, 6.07) is 42.2. The minimum atomic E-state index is -0.206. The highest BCUT2D eigenvalue weighted by molar-refractivity contribution is 7.99. The molecule has 0 amide bonds. The summed E-state index contributed by atoms with van der Waals surface area (Å²) in [5.41, 5.74) is 8.11. The van der Waals surface area contributed by atoms with Crippen molar-refractivity contribution in [3.05, 3.63) is 121 Å². The van der Waals surface area contributed by atoms with E-state index < -0.39 is 0 Å². The van der Waals surface area contributed by atoms with Crippen LogP contribution < -0.4 is 0 Å². The molecule has 0 spiro atoms. The number of imidazole rings is 2. The van der Waals surface area contributed by atoms with Gasteiger partial charge in [-0.3, -0.25) is 0 Å². The van der Waals surface area contributed by atoms with Crippen molar-refractivity contribution in [1.29, 1.82) is 0 Å². The Balaban J connectivity index is 1.31. The fraction of sp³-hybridized carbons (Fsp3) is 0.302. The van der Waals surface area contributed by atoms with Gasteiger partial charge in [-0.2, -0.15) is 0 Å². The Labute approximate surface area is 319 Å². The van der Waals surface area contributed by atoms with E-state index in [0.717, 1.165) is 125 Å². The van der Waals surface area contributed by atoms with Gasteiger partial charge >= 0.3 is 0 Å². The zero-order valence-corrected chi connectivity index (χ0v) is 31.4. The fourth-order valence-electron chi connectivity index (χ4n) is 6.71. The van der Waals surface area contributed by atoms with Crippen LogP contribution in [0.3, 0.4) is 0 Å². The maximum absolute atomic E-state index is 5.95. The SMILES string of the molecule is c1ccc(-c2nc(SCCCC3OCCCO3)n(-n3c(SCCC4OCCCO4)nc(-c4ccccc4)c3-c3ccccc3)c2-c2ccccc2)cc1. The molecule has 0 N–H and O–H groups in total. The molecule has 4 heterocycles. The number of nitrogens with zero attached hydrogens (tertiary/aromatic N) is 4. The van der Waals surface area contributed by atoms with E-state index in [0.29, 0.717) is 0 Å². The molecule has 10 heteroatoms. The van der Waals surface area contributed by atoms with Gasteiger partial charge in [-0.05, 0) is 25.7 Å². The highest BCUT2D eigenvalue weighted by atomic mass is 32.2. The average molecular weight is 745 g/mol. The molecule has 4 aromatic carbocycles. The second kappa shape index (κ2) is 17.8. The van der Waals surface area contributed by atoms with Gasteiger partial charge in [-0.1, -0.05) is 145 Å². The smallest absolute Gasteiger partial charge is 0.188 e. The number of thioether (sulfide) groups is 2. The quantitative estimate of drug-likeness (QED) is 0.0807. The summed E-state index contributed by atoms with van der Waals surface area (Å²) in [4.78, 5) is 11.0. The van der Waals surface area contributed by atoms with Gasteiger partial charge in [-0.25, -0.2) is 19.3 Å². The van der Waals surface area contributed by atoms with Crippen LogP contribution in [0.1, 0.15) is 32.1 Å². The van der Waals surface area contributed by atoms with E-state index in [9.17, 15) is 0 Å². The van der Waals surface area contributed by atoms with Crippen LogP contribution in [-0.2, 0) is 18.9 Å². The van der Waals surface area contributed by atoms with Crippen LogP contribution in [-0.4, -0.2) is 69.8 Å². The molecule has 0 aliphatic carbocycles. The predicted octanol–water partition coefficient (Wildman–Crippen LogP) is 9.94. The highest BCUT2D eigenvalue weighted by Crippen LogP contribution is 2.42. The third-order valence-corrected chi connectivity index (χ3v) is 11.2. The average Bonchev–Trinajstić information content (AvgIpc) is 3.80. The number of hydrogen-bond acceptors (Lipinski definition) is 8. The van der Waals surface area contributed by atoms with Crippen molar-refractivity contribution in [3.63, 3.8) is 0 Å². The standard InChI is InChI=1S/C43H44N4O4S2/c1-5-16-32(17-6-1)38-40(34-20-9-3-10-21-34)46(42(44-38)52-30-13-24-36-48-26-14-27-49-36)47-41(35-22-11-4-12-23-35)39(33-18-7-2-8-19-33)45-43(47)53-31-25-37-50-28-15-29-51-37/h1-12,16-23,36-37H,13-15,24-31H2. The number of benzene rings is 4. The molecule has 2 saturated heterocycles. The Morgan fingerprint density at radius 3 is 1.28 bits per heavy atom. The first kappa shape index (κ1) is 35.8. The molecular weight excluding hydrogens is 701 g/mol. The Morgan fingerprint density at radius 2 is 0.849 bits per heavy atom.